The number of carbonyl (C=O) groups excluding carboxylic acids is 3. The summed E-state index contributed by atoms with van der Waals surface area (Å²) in [6, 6.07) is 0. The van der Waals surface area contributed by atoms with Gasteiger partial charge in [-0.2, -0.15) is 0 Å². The number of nitrogens with zero attached hydrogens (tertiary/aromatic N) is 1. The van der Waals surface area contributed by atoms with Crippen LogP contribution in [0, 0.1) is 13.8 Å². The number of methoxy groups -OCH3 is 1. The van der Waals surface area contributed by atoms with Crippen LogP contribution in [0.3, 0.4) is 0 Å². The van der Waals surface area contributed by atoms with Gasteiger partial charge >= 0.3 is 5.97 Å². The van der Waals surface area contributed by atoms with E-state index in [2.05, 4.69) is 4.98 Å². The first kappa shape index (κ1) is 19.9. The molecule has 0 aliphatic heterocycles. The summed E-state index contributed by atoms with van der Waals surface area (Å²) < 4.78 is 9.84. The summed E-state index contributed by atoms with van der Waals surface area (Å²) in [5, 5.41) is 0. The lowest BCUT2D eigenvalue weighted by atomic mass is 10.1. The van der Waals surface area contributed by atoms with Crippen molar-refractivity contribution in [2.24, 2.45) is 0 Å². The Labute approximate surface area is 142 Å². The Kier molecular flexibility index (Phi) is 7.64. The summed E-state index contributed by atoms with van der Waals surface area (Å²) >= 11 is 0. The number of esters is 1. The van der Waals surface area contributed by atoms with Crippen LogP contribution >= 0.6 is 0 Å². The third-order valence-corrected chi connectivity index (χ3v) is 3.64. The molecule has 1 heterocycles. The predicted molar refractivity (Wildman–Crippen MR) is 89.3 cm³/mol. The summed E-state index contributed by atoms with van der Waals surface area (Å²) in [6.45, 7) is 7.71. The van der Waals surface area contributed by atoms with Crippen LogP contribution in [0.2, 0.25) is 0 Å². The highest BCUT2D eigenvalue weighted by atomic mass is 16.5. The molecule has 0 radical (unpaired) electrons. The number of aromatic amines is 1. The minimum atomic E-state index is -0.488. The number of ether oxygens (including phenoxy) is 2. The zero-order valence-electron chi connectivity index (χ0n) is 15.0. The van der Waals surface area contributed by atoms with E-state index in [1.165, 1.54) is 12.0 Å². The first-order valence-electron chi connectivity index (χ1n) is 8.03. The van der Waals surface area contributed by atoms with Crippen molar-refractivity contribution in [3.63, 3.8) is 0 Å². The van der Waals surface area contributed by atoms with Crippen molar-refractivity contribution in [1.29, 1.82) is 0 Å². The number of ketones is 1. The molecule has 1 aromatic heterocycles. The topological polar surface area (TPSA) is 88.7 Å². The molecule has 0 fully saturated rings. The van der Waals surface area contributed by atoms with Crippen molar-refractivity contribution in [3.8, 4) is 0 Å². The standard InChI is InChI=1S/C17H26N2O5/c1-6-8-19(14(21)10-23-5)9-13(20)15-11(3)16(18-12(15)4)17(22)24-7-2/h18H,6-10H2,1-5H3. The van der Waals surface area contributed by atoms with Crippen LogP contribution in [-0.2, 0) is 14.3 Å². The number of amides is 1. The summed E-state index contributed by atoms with van der Waals surface area (Å²) in [7, 11) is 1.44. The van der Waals surface area contributed by atoms with E-state index in [-0.39, 0.29) is 37.1 Å². The summed E-state index contributed by atoms with van der Waals surface area (Å²) in [5.41, 5.74) is 1.86. The fourth-order valence-electron chi connectivity index (χ4n) is 2.60. The van der Waals surface area contributed by atoms with Gasteiger partial charge in [-0.3, -0.25) is 9.59 Å². The zero-order chi connectivity index (χ0) is 18.3. The van der Waals surface area contributed by atoms with E-state index < -0.39 is 5.97 Å². The molecule has 0 aliphatic rings. The van der Waals surface area contributed by atoms with Gasteiger partial charge in [-0.1, -0.05) is 6.92 Å². The molecular weight excluding hydrogens is 312 g/mol. The van der Waals surface area contributed by atoms with Gasteiger partial charge in [0.05, 0.1) is 13.2 Å². The average molecular weight is 338 g/mol. The second kappa shape index (κ2) is 9.22. The zero-order valence-corrected chi connectivity index (χ0v) is 15.0. The van der Waals surface area contributed by atoms with Crippen LogP contribution in [0.1, 0.15) is 52.4 Å². The molecule has 0 aromatic carbocycles. The van der Waals surface area contributed by atoms with Crippen LogP contribution in [-0.4, -0.2) is 61.0 Å². The quantitative estimate of drug-likeness (QED) is 0.548. The van der Waals surface area contributed by atoms with E-state index >= 15 is 0 Å². The number of rotatable bonds is 9. The SMILES string of the molecule is CCCN(CC(=O)c1c(C)[nH]c(C(=O)OCC)c1C)C(=O)COC. The Morgan fingerprint density at radius 3 is 2.38 bits per heavy atom. The van der Waals surface area contributed by atoms with Crippen molar-refractivity contribution in [3.05, 3.63) is 22.5 Å². The minimum absolute atomic E-state index is 0.0438. The Balaban J connectivity index is 3.01. The Morgan fingerprint density at radius 2 is 1.83 bits per heavy atom. The van der Waals surface area contributed by atoms with Gasteiger partial charge in [0.25, 0.3) is 0 Å². The van der Waals surface area contributed by atoms with E-state index in [1.807, 2.05) is 6.92 Å². The minimum Gasteiger partial charge on any atom is -0.461 e. The summed E-state index contributed by atoms with van der Waals surface area (Å²) in [5.74, 6) is -0.933. The van der Waals surface area contributed by atoms with E-state index in [0.717, 1.165) is 6.42 Å². The first-order valence-corrected chi connectivity index (χ1v) is 8.03. The van der Waals surface area contributed by atoms with Gasteiger partial charge < -0.3 is 19.4 Å². The van der Waals surface area contributed by atoms with Gasteiger partial charge in [0, 0.05) is 24.9 Å². The molecule has 0 bridgehead atoms. The summed E-state index contributed by atoms with van der Waals surface area (Å²) in [6.07, 6.45) is 0.738. The van der Waals surface area contributed by atoms with Gasteiger partial charge in [-0.25, -0.2) is 4.79 Å². The number of aromatic nitrogens is 1. The lowest BCUT2D eigenvalue weighted by molar-refractivity contribution is -0.134. The smallest absolute Gasteiger partial charge is 0.355 e. The molecule has 1 N–H and O–H groups in total. The van der Waals surface area contributed by atoms with E-state index in [9.17, 15) is 14.4 Å². The molecule has 24 heavy (non-hydrogen) atoms. The Hall–Kier alpha value is -2.15. The number of H-pyrrole nitrogens is 1. The normalized spacial score (nSPS) is 10.5. The van der Waals surface area contributed by atoms with Gasteiger partial charge in [0.2, 0.25) is 5.91 Å². The van der Waals surface area contributed by atoms with Crippen molar-refractivity contribution >= 4 is 17.7 Å². The molecule has 0 spiro atoms. The van der Waals surface area contributed by atoms with Crippen molar-refractivity contribution in [2.75, 3.05) is 33.4 Å². The molecule has 0 unspecified atom stereocenters. The molecule has 7 nitrogen and oxygen atoms in total. The van der Waals surface area contributed by atoms with Gasteiger partial charge in [0.1, 0.15) is 12.3 Å². The van der Waals surface area contributed by atoms with Crippen molar-refractivity contribution in [2.45, 2.75) is 34.1 Å². The van der Waals surface area contributed by atoms with Crippen LogP contribution in [0.15, 0.2) is 0 Å². The highest BCUT2D eigenvalue weighted by Gasteiger charge is 2.25. The molecule has 1 aromatic rings. The Bertz CT molecular complexity index is 606. The lowest BCUT2D eigenvalue weighted by Crippen LogP contribution is -2.38. The average Bonchev–Trinajstić information content (AvgIpc) is 2.82. The fraction of sp³-hybridized carbons (Fsp3) is 0.588. The Morgan fingerprint density at radius 1 is 1.17 bits per heavy atom. The van der Waals surface area contributed by atoms with Gasteiger partial charge in [0.15, 0.2) is 5.78 Å². The molecule has 0 atom stereocenters. The van der Waals surface area contributed by atoms with E-state index in [4.69, 9.17) is 9.47 Å². The molecular formula is C17H26N2O5. The third kappa shape index (κ3) is 4.67. The second-order valence-electron chi connectivity index (χ2n) is 5.52. The fourth-order valence-corrected chi connectivity index (χ4v) is 2.60. The maximum Gasteiger partial charge on any atom is 0.355 e. The van der Waals surface area contributed by atoms with Crippen molar-refractivity contribution in [1.82, 2.24) is 9.88 Å². The summed E-state index contributed by atoms with van der Waals surface area (Å²) in [4.78, 5) is 41.0. The molecule has 7 heteroatoms. The van der Waals surface area contributed by atoms with Crippen LogP contribution in [0.5, 0.6) is 0 Å². The van der Waals surface area contributed by atoms with Gasteiger partial charge in [-0.05, 0) is 32.8 Å². The van der Waals surface area contributed by atoms with Crippen molar-refractivity contribution < 1.29 is 23.9 Å². The molecule has 1 rings (SSSR count). The molecule has 0 saturated heterocycles. The monoisotopic (exact) mass is 338 g/mol. The van der Waals surface area contributed by atoms with Gasteiger partial charge in [-0.15, -0.1) is 0 Å². The molecule has 1 amide bonds. The predicted octanol–water partition coefficient (Wildman–Crippen LogP) is 1.88. The van der Waals surface area contributed by atoms with Crippen LogP contribution in [0.4, 0.5) is 0 Å². The second-order valence-corrected chi connectivity index (χ2v) is 5.52. The number of hydrogen-bond acceptors (Lipinski definition) is 5. The number of nitrogens with one attached hydrogen (secondary N) is 1. The number of hydrogen-bond donors (Lipinski definition) is 1. The highest BCUT2D eigenvalue weighted by molar-refractivity contribution is 6.04. The number of aryl methyl sites for hydroxylation is 1. The third-order valence-electron chi connectivity index (χ3n) is 3.64. The van der Waals surface area contributed by atoms with E-state index in [1.54, 1.807) is 20.8 Å². The van der Waals surface area contributed by atoms with Crippen LogP contribution < -0.4 is 0 Å². The largest absolute Gasteiger partial charge is 0.461 e. The maximum atomic E-state index is 12.7. The highest BCUT2D eigenvalue weighted by Crippen LogP contribution is 2.20. The maximum absolute atomic E-state index is 12.7. The molecule has 134 valence electrons. The number of Topliss-reactive ketones (excluding diaryl/α,β-unsaturated/α-hetero) is 1. The molecule has 0 aliphatic carbocycles. The first-order chi connectivity index (χ1) is 11.4. The number of carbonyl (C=O) groups is 3. The van der Waals surface area contributed by atoms with E-state index in [0.29, 0.717) is 23.4 Å². The van der Waals surface area contributed by atoms with Crippen LogP contribution in [0.25, 0.3) is 0 Å². The molecule has 0 saturated carbocycles. The lowest BCUT2D eigenvalue weighted by Gasteiger charge is -2.21.